The van der Waals surface area contributed by atoms with Crippen molar-refractivity contribution in [2.24, 2.45) is 0 Å². The standard InChI is InChI=1S/C21H28ClNO4/c1-5-10-27-21-13-17(22)16(12-20(21)26-4)14-23-9-8-15-6-7-18(24-2)19(11-15)25-3/h6-7,11-13,23H,5,8-10,14H2,1-4H3. The molecule has 1 N–H and O–H groups in total. The zero-order chi connectivity index (χ0) is 19.6. The smallest absolute Gasteiger partial charge is 0.162 e. The third-order valence-electron chi connectivity index (χ3n) is 4.15. The van der Waals surface area contributed by atoms with Crippen LogP contribution < -0.4 is 24.3 Å². The summed E-state index contributed by atoms with van der Waals surface area (Å²) >= 11 is 6.40. The van der Waals surface area contributed by atoms with Gasteiger partial charge in [-0.05, 0) is 48.7 Å². The van der Waals surface area contributed by atoms with Crippen LogP contribution >= 0.6 is 11.6 Å². The Labute approximate surface area is 166 Å². The van der Waals surface area contributed by atoms with Crippen molar-refractivity contribution in [2.45, 2.75) is 26.3 Å². The van der Waals surface area contributed by atoms with Gasteiger partial charge in [0, 0.05) is 17.6 Å². The molecule has 6 heteroatoms. The number of nitrogens with one attached hydrogen (secondary N) is 1. The van der Waals surface area contributed by atoms with E-state index in [1.165, 1.54) is 5.56 Å². The van der Waals surface area contributed by atoms with Crippen LogP contribution in [0.5, 0.6) is 23.0 Å². The average Bonchev–Trinajstić information content (AvgIpc) is 2.70. The molecule has 0 aliphatic carbocycles. The van der Waals surface area contributed by atoms with Crippen LogP contribution in [0.25, 0.3) is 0 Å². The Morgan fingerprint density at radius 2 is 1.59 bits per heavy atom. The highest BCUT2D eigenvalue weighted by molar-refractivity contribution is 6.31. The molecule has 0 fully saturated rings. The molecule has 0 bridgehead atoms. The second kappa shape index (κ2) is 10.9. The van der Waals surface area contributed by atoms with Gasteiger partial charge in [0.05, 0.1) is 27.9 Å². The van der Waals surface area contributed by atoms with Crippen LogP contribution in [-0.2, 0) is 13.0 Å². The lowest BCUT2D eigenvalue weighted by Crippen LogP contribution is -2.17. The largest absolute Gasteiger partial charge is 0.493 e. The summed E-state index contributed by atoms with van der Waals surface area (Å²) in [4.78, 5) is 0. The van der Waals surface area contributed by atoms with Gasteiger partial charge >= 0.3 is 0 Å². The molecule has 5 nitrogen and oxygen atoms in total. The average molecular weight is 394 g/mol. The van der Waals surface area contributed by atoms with Crippen molar-refractivity contribution < 1.29 is 18.9 Å². The number of hydrogen-bond acceptors (Lipinski definition) is 5. The SMILES string of the molecule is CCCOc1cc(Cl)c(CNCCc2ccc(OC)c(OC)c2)cc1OC. The first-order valence-electron chi connectivity index (χ1n) is 9.03. The van der Waals surface area contributed by atoms with Crippen LogP contribution in [0, 0.1) is 0 Å². The second-order valence-electron chi connectivity index (χ2n) is 6.06. The Bertz CT molecular complexity index is 736. The molecule has 2 aromatic carbocycles. The van der Waals surface area contributed by atoms with E-state index in [4.69, 9.17) is 30.5 Å². The molecular weight excluding hydrogens is 366 g/mol. The highest BCUT2D eigenvalue weighted by Gasteiger charge is 2.10. The lowest BCUT2D eigenvalue weighted by atomic mass is 10.1. The monoisotopic (exact) mass is 393 g/mol. The highest BCUT2D eigenvalue weighted by atomic mass is 35.5. The molecule has 0 unspecified atom stereocenters. The molecule has 0 spiro atoms. The Hall–Kier alpha value is -2.11. The van der Waals surface area contributed by atoms with E-state index < -0.39 is 0 Å². The minimum Gasteiger partial charge on any atom is -0.493 e. The third-order valence-corrected chi connectivity index (χ3v) is 4.50. The molecule has 2 aromatic rings. The number of benzene rings is 2. The van der Waals surface area contributed by atoms with Gasteiger partial charge in [-0.15, -0.1) is 0 Å². The van der Waals surface area contributed by atoms with Gasteiger partial charge in [0.1, 0.15) is 0 Å². The summed E-state index contributed by atoms with van der Waals surface area (Å²) in [5.74, 6) is 2.85. The van der Waals surface area contributed by atoms with Crippen molar-refractivity contribution in [3.05, 3.63) is 46.5 Å². The fourth-order valence-electron chi connectivity index (χ4n) is 2.69. The van der Waals surface area contributed by atoms with Crippen LogP contribution in [0.1, 0.15) is 24.5 Å². The van der Waals surface area contributed by atoms with Gasteiger partial charge in [-0.3, -0.25) is 0 Å². The van der Waals surface area contributed by atoms with E-state index in [-0.39, 0.29) is 0 Å². The van der Waals surface area contributed by atoms with Crippen molar-refractivity contribution in [1.82, 2.24) is 5.32 Å². The first kappa shape index (κ1) is 21.2. The van der Waals surface area contributed by atoms with Crippen LogP contribution in [0.2, 0.25) is 5.02 Å². The molecular formula is C21H28ClNO4. The Balaban J connectivity index is 1.93. The summed E-state index contributed by atoms with van der Waals surface area (Å²) in [5.41, 5.74) is 2.15. The quantitative estimate of drug-likeness (QED) is 0.570. The molecule has 0 aliphatic heterocycles. The van der Waals surface area contributed by atoms with Gasteiger partial charge in [-0.1, -0.05) is 24.6 Å². The van der Waals surface area contributed by atoms with Crippen LogP contribution in [0.3, 0.4) is 0 Å². The topological polar surface area (TPSA) is 49.0 Å². The maximum atomic E-state index is 6.40. The predicted molar refractivity (Wildman–Crippen MR) is 109 cm³/mol. The van der Waals surface area contributed by atoms with Crippen molar-refractivity contribution >= 4 is 11.6 Å². The summed E-state index contributed by atoms with van der Waals surface area (Å²) < 4.78 is 21.7. The van der Waals surface area contributed by atoms with Crippen molar-refractivity contribution in [1.29, 1.82) is 0 Å². The third kappa shape index (κ3) is 5.94. The summed E-state index contributed by atoms with van der Waals surface area (Å²) in [7, 11) is 4.91. The van der Waals surface area contributed by atoms with Crippen molar-refractivity contribution in [3.8, 4) is 23.0 Å². The molecule has 0 radical (unpaired) electrons. The van der Waals surface area contributed by atoms with Crippen LogP contribution in [0.15, 0.2) is 30.3 Å². The van der Waals surface area contributed by atoms with Crippen LogP contribution in [-0.4, -0.2) is 34.5 Å². The molecule has 0 saturated heterocycles. The van der Waals surface area contributed by atoms with E-state index in [0.717, 1.165) is 36.4 Å². The first-order valence-corrected chi connectivity index (χ1v) is 9.41. The van der Waals surface area contributed by atoms with Crippen molar-refractivity contribution in [2.75, 3.05) is 34.5 Å². The predicted octanol–water partition coefficient (Wildman–Crippen LogP) is 4.49. The van der Waals surface area contributed by atoms with Gasteiger partial charge in [-0.25, -0.2) is 0 Å². The molecule has 0 aliphatic rings. The number of hydrogen-bond donors (Lipinski definition) is 1. The van der Waals surface area contributed by atoms with E-state index >= 15 is 0 Å². The van der Waals surface area contributed by atoms with E-state index in [9.17, 15) is 0 Å². The molecule has 0 aromatic heterocycles. The minimum atomic E-state index is 0.635. The zero-order valence-electron chi connectivity index (χ0n) is 16.4. The number of ether oxygens (including phenoxy) is 4. The van der Waals surface area contributed by atoms with Gasteiger partial charge in [0.15, 0.2) is 23.0 Å². The Kier molecular flexibility index (Phi) is 8.55. The zero-order valence-corrected chi connectivity index (χ0v) is 17.2. The lowest BCUT2D eigenvalue weighted by molar-refractivity contribution is 0.294. The molecule has 0 atom stereocenters. The maximum absolute atomic E-state index is 6.40. The maximum Gasteiger partial charge on any atom is 0.162 e. The fraction of sp³-hybridized carbons (Fsp3) is 0.429. The molecule has 0 heterocycles. The van der Waals surface area contributed by atoms with E-state index in [1.807, 2.05) is 30.3 Å². The van der Waals surface area contributed by atoms with Crippen LogP contribution in [0.4, 0.5) is 0 Å². The van der Waals surface area contributed by atoms with Gasteiger partial charge < -0.3 is 24.3 Å². The summed E-state index contributed by atoms with van der Waals surface area (Å²) in [6.07, 6.45) is 1.80. The normalized spacial score (nSPS) is 10.6. The van der Waals surface area contributed by atoms with Gasteiger partial charge in [-0.2, -0.15) is 0 Å². The Morgan fingerprint density at radius 1 is 0.889 bits per heavy atom. The first-order chi connectivity index (χ1) is 13.1. The highest BCUT2D eigenvalue weighted by Crippen LogP contribution is 2.33. The van der Waals surface area contributed by atoms with Crippen molar-refractivity contribution in [3.63, 3.8) is 0 Å². The number of rotatable bonds is 11. The molecule has 148 valence electrons. The molecule has 0 saturated carbocycles. The number of halogens is 1. The van der Waals surface area contributed by atoms with E-state index in [1.54, 1.807) is 21.3 Å². The van der Waals surface area contributed by atoms with E-state index in [0.29, 0.717) is 29.7 Å². The molecule has 2 rings (SSSR count). The summed E-state index contributed by atoms with van der Waals surface area (Å²) in [5, 5.41) is 4.09. The molecule has 0 amide bonds. The van der Waals surface area contributed by atoms with Gasteiger partial charge in [0.2, 0.25) is 0 Å². The Morgan fingerprint density at radius 3 is 2.26 bits per heavy atom. The lowest BCUT2D eigenvalue weighted by Gasteiger charge is -2.14. The van der Waals surface area contributed by atoms with E-state index in [2.05, 4.69) is 12.2 Å². The fourth-order valence-corrected chi connectivity index (χ4v) is 2.91. The summed E-state index contributed by atoms with van der Waals surface area (Å²) in [6.45, 7) is 4.15. The minimum absolute atomic E-state index is 0.635. The molecule has 27 heavy (non-hydrogen) atoms. The summed E-state index contributed by atoms with van der Waals surface area (Å²) in [6, 6.07) is 9.71. The van der Waals surface area contributed by atoms with Gasteiger partial charge in [0.25, 0.3) is 0 Å². The second-order valence-corrected chi connectivity index (χ2v) is 6.47. The number of methoxy groups -OCH3 is 3.